The number of carbonyl (C=O) groups excluding carboxylic acids is 1. The standard InChI is InChI=1S/C22H20ClN5O2S/c1-3-14-5-7-15(8-6-14)18-11-19-21(30)25-26-22(28(19)27-18)31-12-20(29)24-16-9-4-13(2)17(23)10-16/h4-11H,3,12H2,1-2H3,(H,24,29)(H,25,30). The average molecular weight is 454 g/mol. The van der Waals surface area contributed by atoms with Crippen LogP contribution in [0.25, 0.3) is 16.8 Å². The second kappa shape index (κ2) is 8.95. The molecule has 2 aromatic carbocycles. The third kappa shape index (κ3) is 4.65. The number of thioether (sulfide) groups is 1. The molecule has 2 heterocycles. The molecule has 0 aliphatic heterocycles. The first-order valence-electron chi connectivity index (χ1n) is 9.71. The molecule has 2 aromatic heterocycles. The third-order valence-electron chi connectivity index (χ3n) is 4.82. The van der Waals surface area contributed by atoms with Gasteiger partial charge in [0, 0.05) is 16.3 Å². The quantitative estimate of drug-likeness (QED) is 0.424. The van der Waals surface area contributed by atoms with Crippen molar-refractivity contribution in [2.24, 2.45) is 0 Å². The van der Waals surface area contributed by atoms with Gasteiger partial charge in [-0.1, -0.05) is 60.6 Å². The van der Waals surface area contributed by atoms with E-state index >= 15 is 0 Å². The highest BCUT2D eigenvalue weighted by Gasteiger charge is 2.14. The van der Waals surface area contributed by atoms with Crippen LogP contribution in [0, 0.1) is 6.92 Å². The SMILES string of the molecule is CCc1ccc(-c2cc3c(=O)[nH]nc(SCC(=O)Nc4ccc(C)c(Cl)c4)n3n2)cc1. The minimum atomic E-state index is -0.341. The number of amides is 1. The molecule has 7 nitrogen and oxygen atoms in total. The Bertz CT molecular complexity index is 1310. The lowest BCUT2D eigenvalue weighted by atomic mass is 10.1. The molecule has 0 aliphatic carbocycles. The van der Waals surface area contributed by atoms with Gasteiger partial charge in [0.2, 0.25) is 11.1 Å². The first kappa shape index (κ1) is 21.1. The van der Waals surface area contributed by atoms with Crippen LogP contribution in [-0.2, 0) is 11.2 Å². The highest BCUT2D eigenvalue weighted by molar-refractivity contribution is 7.99. The molecule has 4 aromatic rings. The van der Waals surface area contributed by atoms with Crippen molar-refractivity contribution >= 4 is 40.5 Å². The number of aromatic nitrogens is 4. The summed E-state index contributed by atoms with van der Waals surface area (Å²) in [7, 11) is 0. The van der Waals surface area contributed by atoms with E-state index in [9.17, 15) is 9.59 Å². The number of benzene rings is 2. The molecule has 9 heteroatoms. The number of anilines is 1. The highest BCUT2D eigenvalue weighted by atomic mass is 35.5. The lowest BCUT2D eigenvalue weighted by Crippen LogP contribution is -2.17. The fourth-order valence-electron chi connectivity index (χ4n) is 3.04. The Labute approximate surface area is 187 Å². The lowest BCUT2D eigenvalue weighted by molar-refractivity contribution is -0.113. The number of rotatable bonds is 6. The second-order valence-corrected chi connectivity index (χ2v) is 8.36. The number of halogens is 1. The van der Waals surface area contributed by atoms with E-state index in [0.29, 0.717) is 27.1 Å². The van der Waals surface area contributed by atoms with Crippen molar-refractivity contribution < 1.29 is 4.79 Å². The maximum Gasteiger partial charge on any atom is 0.290 e. The molecule has 0 bridgehead atoms. The molecule has 1 amide bonds. The van der Waals surface area contributed by atoms with Crippen LogP contribution in [0.3, 0.4) is 0 Å². The number of H-pyrrole nitrogens is 1. The van der Waals surface area contributed by atoms with E-state index in [1.54, 1.807) is 18.2 Å². The number of fused-ring (bicyclic) bond motifs is 1. The summed E-state index contributed by atoms with van der Waals surface area (Å²) in [5.41, 5.74) is 4.39. The average Bonchev–Trinajstić information content (AvgIpc) is 3.22. The number of aromatic amines is 1. The Balaban J connectivity index is 1.54. The maximum atomic E-state index is 12.4. The topological polar surface area (TPSA) is 92.1 Å². The smallest absolute Gasteiger partial charge is 0.290 e. The molecule has 0 radical (unpaired) electrons. The number of nitrogens with zero attached hydrogens (tertiary/aromatic N) is 3. The molecular formula is C22H20ClN5O2S. The molecule has 0 fully saturated rings. The van der Waals surface area contributed by atoms with Crippen molar-refractivity contribution in [3.63, 3.8) is 0 Å². The van der Waals surface area contributed by atoms with Crippen LogP contribution in [0.4, 0.5) is 5.69 Å². The second-order valence-electron chi connectivity index (χ2n) is 7.01. The number of nitrogens with one attached hydrogen (secondary N) is 2. The largest absolute Gasteiger partial charge is 0.325 e. The monoisotopic (exact) mass is 453 g/mol. The summed E-state index contributed by atoms with van der Waals surface area (Å²) >= 11 is 7.29. The van der Waals surface area contributed by atoms with E-state index in [-0.39, 0.29) is 17.2 Å². The van der Waals surface area contributed by atoms with Crippen molar-refractivity contribution in [1.82, 2.24) is 19.8 Å². The first-order chi connectivity index (χ1) is 14.9. The Morgan fingerprint density at radius 3 is 2.68 bits per heavy atom. The number of aryl methyl sites for hydroxylation is 2. The summed E-state index contributed by atoms with van der Waals surface area (Å²) in [6, 6.07) is 15.1. The zero-order chi connectivity index (χ0) is 22.0. The van der Waals surface area contributed by atoms with Crippen molar-refractivity contribution in [1.29, 1.82) is 0 Å². The summed E-state index contributed by atoms with van der Waals surface area (Å²) in [5.74, 6) is -0.117. The zero-order valence-corrected chi connectivity index (χ0v) is 18.5. The number of carbonyl (C=O) groups is 1. The van der Waals surface area contributed by atoms with E-state index in [0.717, 1.165) is 17.5 Å². The van der Waals surface area contributed by atoms with Gasteiger partial charge in [-0.3, -0.25) is 9.59 Å². The Morgan fingerprint density at radius 1 is 1.19 bits per heavy atom. The molecule has 0 spiro atoms. The van der Waals surface area contributed by atoms with Gasteiger partial charge in [0.25, 0.3) is 5.56 Å². The minimum absolute atomic E-state index is 0.0973. The molecule has 0 saturated heterocycles. The van der Waals surface area contributed by atoms with Gasteiger partial charge in [-0.15, -0.1) is 5.10 Å². The van der Waals surface area contributed by atoms with Crippen molar-refractivity contribution in [2.45, 2.75) is 25.4 Å². The van der Waals surface area contributed by atoms with E-state index in [1.165, 1.54) is 21.8 Å². The van der Waals surface area contributed by atoms with Crippen LogP contribution in [-0.4, -0.2) is 31.5 Å². The summed E-state index contributed by atoms with van der Waals surface area (Å²) in [5, 5.41) is 14.9. The minimum Gasteiger partial charge on any atom is -0.325 e. The number of hydrogen-bond acceptors (Lipinski definition) is 5. The van der Waals surface area contributed by atoms with E-state index in [1.807, 2.05) is 37.3 Å². The van der Waals surface area contributed by atoms with Crippen LogP contribution in [0.1, 0.15) is 18.1 Å². The fourth-order valence-corrected chi connectivity index (χ4v) is 3.92. The summed E-state index contributed by atoms with van der Waals surface area (Å²) < 4.78 is 1.47. The fraction of sp³-hybridized carbons (Fsp3) is 0.182. The zero-order valence-electron chi connectivity index (χ0n) is 17.0. The molecule has 0 unspecified atom stereocenters. The van der Waals surface area contributed by atoms with Gasteiger partial charge in [0.1, 0.15) is 5.52 Å². The van der Waals surface area contributed by atoms with Gasteiger partial charge in [-0.25, -0.2) is 9.61 Å². The van der Waals surface area contributed by atoms with Crippen LogP contribution in [0.5, 0.6) is 0 Å². The van der Waals surface area contributed by atoms with Gasteiger partial charge in [-0.05, 0) is 42.7 Å². The van der Waals surface area contributed by atoms with E-state index < -0.39 is 0 Å². The van der Waals surface area contributed by atoms with Crippen molar-refractivity contribution in [2.75, 3.05) is 11.1 Å². The van der Waals surface area contributed by atoms with Gasteiger partial charge in [-0.2, -0.15) is 5.10 Å². The third-order valence-corrected chi connectivity index (χ3v) is 6.16. The van der Waals surface area contributed by atoms with Crippen LogP contribution in [0.15, 0.2) is 58.5 Å². The summed E-state index contributed by atoms with van der Waals surface area (Å²) in [6.45, 7) is 3.99. The van der Waals surface area contributed by atoms with Gasteiger partial charge >= 0.3 is 0 Å². The molecule has 31 heavy (non-hydrogen) atoms. The predicted molar refractivity (Wildman–Crippen MR) is 124 cm³/mol. The normalized spacial score (nSPS) is 11.1. The molecule has 0 atom stereocenters. The van der Waals surface area contributed by atoms with Gasteiger partial charge in [0.05, 0.1) is 11.4 Å². The summed E-state index contributed by atoms with van der Waals surface area (Å²) in [6.07, 6.45) is 0.951. The Kier molecular flexibility index (Phi) is 6.11. The molecule has 4 rings (SSSR count). The molecule has 0 aliphatic rings. The Hall–Kier alpha value is -3.10. The van der Waals surface area contributed by atoms with E-state index in [4.69, 9.17) is 11.6 Å². The molecule has 0 saturated carbocycles. The molecule has 2 N–H and O–H groups in total. The predicted octanol–water partition coefficient (Wildman–Crippen LogP) is 4.34. The maximum absolute atomic E-state index is 12.4. The van der Waals surface area contributed by atoms with Crippen molar-refractivity contribution in [3.05, 3.63) is 75.0 Å². The van der Waals surface area contributed by atoms with Crippen LogP contribution in [0.2, 0.25) is 5.02 Å². The summed E-state index contributed by atoms with van der Waals surface area (Å²) in [4.78, 5) is 24.6. The Morgan fingerprint density at radius 2 is 1.97 bits per heavy atom. The van der Waals surface area contributed by atoms with Gasteiger partial charge in [0.15, 0.2) is 0 Å². The van der Waals surface area contributed by atoms with Crippen LogP contribution < -0.4 is 10.9 Å². The van der Waals surface area contributed by atoms with E-state index in [2.05, 4.69) is 27.5 Å². The number of hydrogen-bond donors (Lipinski definition) is 2. The van der Waals surface area contributed by atoms with Gasteiger partial charge < -0.3 is 5.32 Å². The van der Waals surface area contributed by atoms with Crippen molar-refractivity contribution in [3.8, 4) is 11.3 Å². The lowest BCUT2D eigenvalue weighted by Gasteiger charge is -2.07. The highest BCUT2D eigenvalue weighted by Crippen LogP contribution is 2.23. The molecule has 158 valence electrons. The molecular weight excluding hydrogens is 434 g/mol. The first-order valence-corrected chi connectivity index (χ1v) is 11.1. The van der Waals surface area contributed by atoms with Crippen LogP contribution >= 0.6 is 23.4 Å².